The molecule has 1 heterocycles. The van der Waals surface area contributed by atoms with Gasteiger partial charge in [0.05, 0.1) is 13.5 Å². The summed E-state index contributed by atoms with van der Waals surface area (Å²) in [4.78, 5) is 13.6. The summed E-state index contributed by atoms with van der Waals surface area (Å²) < 4.78 is 4.68. The van der Waals surface area contributed by atoms with Crippen LogP contribution in [0, 0.1) is 17.8 Å². The lowest BCUT2D eigenvalue weighted by atomic mass is 9.85. The lowest BCUT2D eigenvalue weighted by Gasteiger charge is -2.25. The van der Waals surface area contributed by atoms with Gasteiger partial charge < -0.3 is 10.1 Å². The Morgan fingerprint density at radius 3 is 2.35 bits per heavy atom. The van der Waals surface area contributed by atoms with E-state index in [1.165, 1.54) is 12.0 Å². The molecule has 1 aromatic rings. The standard InChI is InChI=1S/C16H27NO2S/c1-11(2)15(12(3)4)10-17-9-14-7-6-13(20-14)8-16(18)19-5/h6-7,11-12,15,17H,8-10H2,1-5H3. The first kappa shape index (κ1) is 17.2. The quantitative estimate of drug-likeness (QED) is 0.747. The summed E-state index contributed by atoms with van der Waals surface area (Å²) in [5.41, 5.74) is 0. The van der Waals surface area contributed by atoms with E-state index in [1.807, 2.05) is 6.07 Å². The lowest BCUT2D eigenvalue weighted by Crippen LogP contribution is -2.29. The predicted molar refractivity (Wildman–Crippen MR) is 84.9 cm³/mol. The highest BCUT2D eigenvalue weighted by Crippen LogP contribution is 2.21. The van der Waals surface area contributed by atoms with E-state index in [0.717, 1.165) is 18.0 Å². The van der Waals surface area contributed by atoms with Crippen LogP contribution in [0.2, 0.25) is 0 Å². The van der Waals surface area contributed by atoms with E-state index in [0.29, 0.717) is 24.2 Å². The van der Waals surface area contributed by atoms with Gasteiger partial charge in [0, 0.05) is 16.3 Å². The zero-order valence-corrected chi connectivity index (χ0v) is 14.0. The SMILES string of the molecule is COC(=O)Cc1ccc(CNCC(C(C)C)C(C)C)s1. The molecule has 0 atom stereocenters. The van der Waals surface area contributed by atoms with Crippen molar-refractivity contribution >= 4 is 17.3 Å². The number of carbonyl (C=O) groups excluding carboxylic acids is 1. The van der Waals surface area contributed by atoms with Crippen LogP contribution in [0.5, 0.6) is 0 Å². The van der Waals surface area contributed by atoms with Crippen LogP contribution in [0.15, 0.2) is 12.1 Å². The van der Waals surface area contributed by atoms with Crippen LogP contribution >= 0.6 is 11.3 Å². The summed E-state index contributed by atoms with van der Waals surface area (Å²) in [7, 11) is 1.43. The molecule has 1 N–H and O–H groups in total. The second-order valence-electron chi connectivity index (χ2n) is 5.90. The summed E-state index contributed by atoms with van der Waals surface area (Å²) in [5, 5.41) is 3.54. The van der Waals surface area contributed by atoms with Gasteiger partial charge >= 0.3 is 5.97 Å². The van der Waals surface area contributed by atoms with E-state index in [9.17, 15) is 4.79 Å². The van der Waals surface area contributed by atoms with Crippen molar-refractivity contribution in [1.82, 2.24) is 5.32 Å². The van der Waals surface area contributed by atoms with Gasteiger partial charge in [0.25, 0.3) is 0 Å². The molecular weight excluding hydrogens is 270 g/mol. The summed E-state index contributed by atoms with van der Waals surface area (Å²) >= 11 is 1.68. The molecule has 0 fully saturated rings. The molecule has 0 aliphatic carbocycles. The van der Waals surface area contributed by atoms with Crippen LogP contribution in [0.4, 0.5) is 0 Å². The number of rotatable bonds is 8. The highest BCUT2D eigenvalue weighted by molar-refractivity contribution is 7.12. The molecule has 0 aliphatic heterocycles. The molecule has 4 heteroatoms. The molecule has 0 unspecified atom stereocenters. The Bertz CT molecular complexity index is 404. The third-order valence-electron chi connectivity index (χ3n) is 3.66. The van der Waals surface area contributed by atoms with Crippen LogP contribution in [0.1, 0.15) is 37.4 Å². The number of thiophene rings is 1. The highest BCUT2D eigenvalue weighted by atomic mass is 32.1. The van der Waals surface area contributed by atoms with Crippen LogP contribution in [-0.2, 0) is 22.5 Å². The molecule has 0 spiro atoms. The van der Waals surface area contributed by atoms with Crippen molar-refractivity contribution in [3.63, 3.8) is 0 Å². The van der Waals surface area contributed by atoms with Crippen molar-refractivity contribution in [2.45, 2.75) is 40.7 Å². The summed E-state index contributed by atoms with van der Waals surface area (Å²) in [6.45, 7) is 11.1. The Kier molecular flexibility index (Phi) is 7.24. The maximum atomic E-state index is 11.2. The van der Waals surface area contributed by atoms with E-state index in [2.05, 4.69) is 43.8 Å². The normalized spacial score (nSPS) is 11.6. The minimum atomic E-state index is -0.175. The lowest BCUT2D eigenvalue weighted by molar-refractivity contribution is -0.139. The number of nitrogens with one attached hydrogen (secondary N) is 1. The van der Waals surface area contributed by atoms with Crippen LogP contribution in [0.25, 0.3) is 0 Å². The van der Waals surface area contributed by atoms with E-state index < -0.39 is 0 Å². The highest BCUT2D eigenvalue weighted by Gasteiger charge is 2.16. The van der Waals surface area contributed by atoms with Crippen molar-refractivity contribution < 1.29 is 9.53 Å². The first-order valence-corrected chi connectivity index (χ1v) is 8.10. The van der Waals surface area contributed by atoms with Crippen molar-refractivity contribution in [2.75, 3.05) is 13.7 Å². The van der Waals surface area contributed by atoms with Gasteiger partial charge in [-0.05, 0) is 36.4 Å². The smallest absolute Gasteiger partial charge is 0.310 e. The van der Waals surface area contributed by atoms with Crippen molar-refractivity contribution in [3.8, 4) is 0 Å². The Labute approximate surface area is 126 Å². The van der Waals surface area contributed by atoms with E-state index in [4.69, 9.17) is 0 Å². The van der Waals surface area contributed by atoms with E-state index in [1.54, 1.807) is 11.3 Å². The largest absolute Gasteiger partial charge is 0.469 e. The van der Waals surface area contributed by atoms with Gasteiger partial charge in [-0.1, -0.05) is 27.7 Å². The Hall–Kier alpha value is -0.870. The summed E-state index contributed by atoms with van der Waals surface area (Å²) in [5.74, 6) is 1.91. The maximum Gasteiger partial charge on any atom is 0.310 e. The fourth-order valence-corrected chi connectivity index (χ4v) is 3.40. The van der Waals surface area contributed by atoms with Gasteiger partial charge in [0.1, 0.15) is 0 Å². The minimum absolute atomic E-state index is 0.175. The van der Waals surface area contributed by atoms with Gasteiger partial charge in [-0.15, -0.1) is 11.3 Å². The van der Waals surface area contributed by atoms with Gasteiger partial charge in [0.15, 0.2) is 0 Å². The summed E-state index contributed by atoms with van der Waals surface area (Å²) in [6, 6.07) is 4.11. The van der Waals surface area contributed by atoms with Crippen molar-refractivity contribution in [3.05, 3.63) is 21.9 Å². The molecule has 0 saturated carbocycles. The zero-order valence-electron chi connectivity index (χ0n) is 13.2. The van der Waals surface area contributed by atoms with Crippen molar-refractivity contribution in [2.24, 2.45) is 17.8 Å². The van der Waals surface area contributed by atoms with Gasteiger partial charge in [-0.3, -0.25) is 4.79 Å². The first-order valence-electron chi connectivity index (χ1n) is 7.29. The zero-order chi connectivity index (χ0) is 15.1. The van der Waals surface area contributed by atoms with Crippen molar-refractivity contribution in [1.29, 1.82) is 0 Å². The Morgan fingerprint density at radius 2 is 1.80 bits per heavy atom. The van der Waals surface area contributed by atoms with Crippen LogP contribution < -0.4 is 5.32 Å². The van der Waals surface area contributed by atoms with Crippen LogP contribution in [0.3, 0.4) is 0 Å². The summed E-state index contributed by atoms with van der Waals surface area (Å²) in [6.07, 6.45) is 0.377. The molecule has 0 bridgehead atoms. The molecule has 1 rings (SSSR count). The monoisotopic (exact) mass is 297 g/mol. The Morgan fingerprint density at radius 1 is 1.20 bits per heavy atom. The second-order valence-corrected chi connectivity index (χ2v) is 7.16. The number of esters is 1. The van der Waals surface area contributed by atoms with Crippen LogP contribution in [-0.4, -0.2) is 19.6 Å². The fraction of sp³-hybridized carbons (Fsp3) is 0.688. The fourth-order valence-electron chi connectivity index (χ4n) is 2.43. The topological polar surface area (TPSA) is 38.3 Å². The number of methoxy groups -OCH3 is 1. The molecule has 114 valence electrons. The number of hydrogen-bond donors (Lipinski definition) is 1. The molecule has 0 amide bonds. The first-order chi connectivity index (χ1) is 9.43. The molecule has 0 aliphatic rings. The molecule has 0 aromatic carbocycles. The maximum absolute atomic E-state index is 11.2. The number of carbonyl (C=O) groups is 1. The number of hydrogen-bond acceptors (Lipinski definition) is 4. The molecule has 20 heavy (non-hydrogen) atoms. The Balaban J connectivity index is 2.40. The average molecular weight is 297 g/mol. The average Bonchev–Trinajstić information content (AvgIpc) is 2.81. The van der Waals surface area contributed by atoms with E-state index in [-0.39, 0.29) is 5.97 Å². The van der Waals surface area contributed by atoms with Gasteiger partial charge in [0.2, 0.25) is 0 Å². The second kappa shape index (κ2) is 8.42. The third kappa shape index (κ3) is 5.63. The minimum Gasteiger partial charge on any atom is -0.469 e. The van der Waals surface area contributed by atoms with Gasteiger partial charge in [-0.2, -0.15) is 0 Å². The molecule has 1 aromatic heterocycles. The number of ether oxygens (including phenoxy) is 1. The van der Waals surface area contributed by atoms with Gasteiger partial charge in [-0.25, -0.2) is 0 Å². The molecule has 0 radical (unpaired) electrons. The molecular formula is C16H27NO2S. The third-order valence-corrected chi connectivity index (χ3v) is 4.74. The van der Waals surface area contributed by atoms with E-state index >= 15 is 0 Å². The predicted octanol–water partition coefficient (Wildman–Crippen LogP) is 3.48. The molecule has 3 nitrogen and oxygen atoms in total. The molecule has 0 saturated heterocycles.